The van der Waals surface area contributed by atoms with E-state index in [4.69, 9.17) is 11.6 Å². The largest absolute Gasteiger partial charge is 0.391 e. The summed E-state index contributed by atoms with van der Waals surface area (Å²) in [6, 6.07) is 8.37. The van der Waals surface area contributed by atoms with Gasteiger partial charge in [-0.15, -0.1) is 0 Å². The summed E-state index contributed by atoms with van der Waals surface area (Å²) in [5.74, 6) is -1.55. The number of benzene rings is 1. The Bertz CT molecular complexity index is 1390. The van der Waals surface area contributed by atoms with E-state index >= 15 is 0 Å². The molecule has 0 unspecified atom stereocenters. The van der Waals surface area contributed by atoms with Crippen LogP contribution in [-0.4, -0.2) is 50.2 Å². The molecular formula is C26H27ClF3N5O2. The summed E-state index contributed by atoms with van der Waals surface area (Å²) < 4.78 is 42.3. The standard InChI is InChI=1S/C26H27ClF3N5O2/c1-16-12-33(15-31-16)22-5-6-23-25(37)34(17(2)13-35(23)24(22)36)14-18-11-20(3-4-21(18)27)32-9-7-19(8-10-32)26(28,29)30/h3-6,11-12,15,17,19H,7-10,13-14H2,1-2H3/t17-/m1/s1. The lowest BCUT2D eigenvalue weighted by Crippen LogP contribution is -2.49. The van der Waals surface area contributed by atoms with Crippen LogP contribution in [0.1, 0.15) is 41.5 Å². The van der Waals surface area contributed by atoms with E-state index in [0.717, 1.165) is 11.4 Å². The Labute approximate surface area is 217 Å². The molecule has 1 atom stereocenters. The molecule has 0 bridgehead atoms. The number of rotatable bonds is 4. The van der Waals surface area contributed by atoms with Crippen LogP contribution in [0.15, 0.2) is 47.7 Å². The maximum Gasteiger partial charge on any atom is 0.391 e. The third kappa shape index (κ3) is 4.86. The number of hydrogen-bond acceptors (Lipinski definition) is 4. The van der Waals surface area contributed by atoms with Gasteiger partial charge in [0.15, 0.2) is 0 Å². The minimum atomic E-state index is -4.17. The fraction of sp³-hybridized carbons (Fsp3) is 0.423. The number of nitrogens with zero attached hydrogens (tertiary/aromatic N) is 5. The summed E-state index contributed by atoms with van der Waals surface area (Å²) in [5.41, 5.74) is 2.72. The number of imidazole rings is 1. The first-order valence-electron chi connectivity index (χ1n) is 12.2. The topological polar surface area (TPSA) is 63.4 Å². The fourth-order valence-corrected chi connectivity index (χ4v) is 5.33. The molecule has 1 aromatic carbocycles. The van der Waals surface area contributed by atoms with Crippen molar-refractivity contribution in [2.45, 2.75) is 52.0 Å². The number of amides is 1. The number of hydrogen-bond donors (Lipinski definition) is 0. The quantitative estimate of drug-likeness (QED) is 0.482. The van der Waals surface area contributed by atoms with Crippen LogP contribution in [0.2, 0.25) is 5.02 Å². The molecule has 7 nitrogen and oxygen atoms in total. The van der Waals surface area contributed by atoms with E-state index in [9.17, 15) is 22.8 Å². The average molecular weight is 534 g/mol. The lowest BCUT2D eigenvalue weighted by molar-refractivity contribution is -0.179. The van der Waals surface area contributed by atoms with Crippen molar-refractivity contribution in [3.05, 3.63) is 75.2 Å². The zero-order chi connectivity index (χ0) is 26.5. The van der Waals surface area contributed by atoms with E-state index in [1.165, 1.54) is 4.57 Å². The van der Waals surface area contributed by atoms with Crippen LogP contribution in [0.4, 0.5) is 18.9 Å². The van der Waals surface area contributed by atoms with Gasteiger partial charge in [0.1, 0.15) is 11.4 Å². The van der Waals surface area contributed by atoms with E-state index in [1.54, 1.807) is 46.3 Å². The van der Waals surface area contributed by atoms with Gasteiger partial charge in [-0.25, -0.2) is 4.98 Å². The number of aryl methyl sites for hydroxylation is 1. The highest BCUT2D eigenvalue weighted by atomic mass is 35.5. The van der Waals surface area contributed by atoms with Crippen LogP contribution in [0.25, 0.3) is 5.69 Å². The van der Waals surface area contributed by atoms with Gasteiger partial charge in [0.2, 0.25) is 0 Å². The molecule has 2 aromatic heterocycles. The monoisotopic (exact) mass is 533 g/mol. The number of carbonyl (C=O) groups is 1. The second-order valence-corrected chi connectivity index (χ2v) is 10.2. The molecule has 2 aliphatic rings. The number of carbonyl (C=O) groups excluding carboxylic acids is 1. The SMILES string of the molecule is Cc1cn(-c2ccc3n(c2=O)C[C@@H](C)N(Cc2cc(N4CCC(C(F)(F)F)CC4)ccc2Cl)C3=O)cn1. The Kier molecular flexibility index (Phi) is 6.55. The van der Waals surface area contributed by atoms with Crippen molar-refractivity contribution in [1.82, 2.24) is 19.0 Å². The van der Waals surface area contributed by atoms with E-state index in [0.29, 0.717) is 41.6 Å². The van der Waals surface area contributed by atoms with Gasteiger partial charge >= 0.3 is 6.18 Å². The van der Waals surface area contributed by atoms with Crippen LogP contribution < -0.4 is 10.5 Å². The molecule has 196 valence electrons. The van der Waals surface area contributed by atoms with Gasteiger partial charge in [-0.3, -0.25) is 9.59 Å². The first-order valence-corrected chi connectivity index (χ1v) is 12.6. The highest BCUT2D eigenvalue weighted by molar-refractivity contribution is 6.31. The smallest absolute Gasteiger partial charge is 0.371 e. The Hall–Kier alpha value is -3.27. The van der Waals surface area contributed by atoms with Gasteiger partial charge in [0.25, 0.3) is 11.5 Å². The molecule has 1 saturated heterocycles. The highest BCUT2D eigenvalue weighted by Crippen LogP contribution is 2.36. The summed E-state index contributed by atoms with van der Waals surface area (Å²) in [7, 11) is 0. The zero-order valence-corrected chi connectivity index (χ0v) is 21.3. The minimum absolute atomic E-state index is 0.0509. The summed E-state index contributed by atoms with van der Waals surface area (Å²) in [6.45, 7) is 4.87. The normalized spacial score (nSPS) is 18.9. The predicted octanol–water partition coefficient (Wildman–Crippen LogP) is 4.82. The second kappa shape index (κ2) is 9.55. The molecule has 1 amide bonds. The van der Waals surface area contributed by atoms with Crippen molar-refractivity contribution < 1.29 is 18.0 Å². The van der Waals surface area contributed by atoms with Crippen molar-refractivity contribution in [2.24, 2.45) is 5.92 Å². The van der Waals surface area contributed by atoms with E-state index in [2.05, 4.69) is 4.98 Å². The Balaban J connectivity index is 1.37. The molecular weight excluding hydrogens is 507 g/mol. The Morgan fingerprint density at radius 1 is 1.11 bits per heavy atom. The van der Waals surface area contributed by atoms with Crippen LogP contribution in [0, 0.1) is 12.8 Å². The number of halogens is 4. The van der Waals surface area contributed by atoms with Gasteiger partial charge < -0.3 is 18.9 Å². The molecule has 1 fully saturated rings. The summed E-state index contributed by atoms with van der Waals surface area (Å²) in [4.78, 5) is 34.4. The van der Waals surface area contributed by atoms with E-state index in [-0.39, 0.29) is 36.9 Å². The number of anilines is 1. The van der Waals surface area contributed by atoms with Gasteiger partial charge in [0, 0.05) is 49.1 Å². The number of alkyl halides is 3. The van der Waals surface area contributed by atoms with Crippen LogP contribution in [-0.2, 0) is 13.1 Å². The predicted molar refractivity (Wildman–Crippen MR) is 134 cm³/mol. The first-order chi connectivity index (χ1) is 17.5. The van der Waals surface area contributed by atoms with Gasteiger partial charge in [-0.05, 0) is 62.6 Å². The van der Waals surface area contributed by atoms with Crippen molar-refractivity contribution >= 4 is 23.2 Å². The maximum absolute atomic E-state index is 13.5. The zero-order valence-electron chi connectivity index (χ0n) is 20.5. The van der Waals surface area contributed by atoms with Gasteiger partial charge in [0.05, 0.1) is 17.9 Å². The Morgan fingerprint density at radius 2 is 1.84 bits per heavy atom. The van der Waals surface area contributed by atoms with E-state index in [1.807, 2.05) is 24.8 Å². The summed E-state index contributed by atoms with van der Waals surface area (Å²) in [5, 5.41) is 0.475. The number of fused-ring (bicyclic) bond motifs is 1. The third-order valence-electron chi connectivity index (χ3n) is 7.30. The molecule has 37 heavy (non-hydrogen) atoms. The number of aromatic nitrogens is 3. The lowest BCUT2D eigenvalue weighted by Gasteiger charge is -2.36. The molecule has 5 rings (SSSR count). The molecule has 4 heterocycles. The fourth-order valence-electron chi connectivity index (χ4n) is 5.15. The molecule has 3 aromatic rings. The highest BCUT2D eigenvalue weighted by Gasteiger charge is 2.41. The summed E-state index contributed by atoms with van der Waals surface area (Å²) in [6.07, 6.45) is -0.742. The Morgan fingerprint density at radius 3 is 2.49 bits per heavy atom. The van der Waals surface area contributed by atoms with Crippen LogP contribution >= 0.6 is 11.6 Å². The minimum Gasteiger partial charge on any atom is -0.371 e. The van der Waals surface area contributed by atoms with Gasteiger partial charge in [-0.2, -0.15) is 13.2 Å². The number of pyridine rings is 1. The molecule has 0 radical (unpaired) electrons. The molecule has 0 aliphatic carbocycles. The molecule has 0 spiro atoms. The summed E-state index contributed by atoms with van der Waals surface area (Å²) >= 11 is 6.48. The molecule has 0 N–H and O–H groups in total. The second-order valence-electron chi connectivity index (χ2n) is 9.80. The third-order valence-corrected chi connectivity index (χ3v) is 7.66. The van der Waals surface area contributed by atoms with Crippen LogP contribution in [0.3, 0.4) is 0 Å². The van der Waals surface area contributed by atoms with Crippen molar-refractivity contribution in [2.75, 3.05) is 18.0 Å². The van der Waals surface area contributed by atoms with E-state index < -0.39 is 12.1 Å². The van der Waals surface area contributed by atoms with Crippen molar-refractivity contribution in [3.63, 3.8) is 0 Å². The first kappa shape index (κ1) is 25.4. The average Bonchev–Trinajstić information content (AvgIpc) is 3.29. The lowest BCUT2D eigenvalue weighted by atomic mass is 9.96. The van der Waals surface area contributed by atoms with Crippen LogP contribution in [0.5, 0.6) is 0 Å². The molecule has 0 saturated carbocycles. The van der Waals surface area contributed by atoms with Crippen molar-refractivity contribution in [1.29, 1.82) is 0 Å². The molecule has 11 heteroatoms. The maximum atomic E-state index is 13.5. The number of piperidine rings is 1. The van der Waals surface area contributed by atoms with Gasteiger partial charge in [-0.1, -0.05) is 11.6 Å². The molecule has 2 aliphatic heterocycles. The van der Waals surface area contributed by atoms with Crippen molar-refractivity contribution in [3.8, 4) is 5.69 Å².